The molecule has 0 amide bonds. The van der Waals surface area contributed by atoms with E-state index >= 15 is 0 Å². The number of rotatable bonds is 7. The van der Waals surface area contributed by atoms with Gasteiger partial charge in [0.2, 0.25) is 0 Å². The number of aliphatic hydroxyl groups excluding tert-OH is 1. The number of hydrogen-bond acceptors (Lipinski definition) is 3. The van der Waals surface area contributed by atoms with Crippen LogP contribution in [0.4, 0.5) is 4.39 Å². The molecule has 1 heterocycles. The number of hydrogen-bond donors (Lipinski definition) is 3. The maximum Gasteiger partial charge on any atom is 0.191 e. The van der Waals surface area contributed by atoms with Gasteiger partial charge in [0.05, 0.1) is 13.2 Å². The molecular weight excluding hydrogens is 504 g/mol. The highest BCUT2D eigenvalue weighted by Crippen LogP contribution is 2.31. The van der Waals surface area contributed by atoms with Crippen LogP contribution in [0.3, 0.4) is 0 Å². The summed E-state index contributed by atoms with van der Waals surface area (Å²) in [6, 6.07) is 4.76. The van der Waals surface area contributed by atoms with Gasteiger partial charge in [-0.2, -0.15) is 0 Å². The number of guanidine groups is 1. The Kier molecular flexibility index (Phi) is 10.2. The van der Waals surface area contributed by atoms with Crippen LogP contribution in [0.15, 0.2) is 27.7 Å². The van der Waals surface area contributed by atoms with Crippen LogP contribution < -0.4 is 10.6 Å². The number of halogens is 3. The average molecular weight is 530 g/mol. The zero-order chi connectivity index (χ0) is 17.4. The Morgan fingerprint density at radius 3 is 2.80 bits per heavy atom. The van der Waals surface area contributed by atoms with Crippen molar-refractivity contribution in [2.24, 2.45) is 10.4 Å². The second kappa shape index (κ2) is 11.3. The number of ether oxygens (including phenoxy) is 1. The van der Waals surface area contributed by atoms with Gasteiger partial charge < -0.3 is 20.5 Å². The minimum absolute atomic E-state index is 0. The molecular formula is C17H26BrFIN3O2. The number of aliphatic hydroxyl groups is 1. The van der Waals surface area contributed by atoms with Crippen molar-refractivity contribution in [3.8, 4) is 0 Å². The molecule has 2 rings (SSSR count). The Bertz CT molecular complexity index is 549. The fourth-order valence-electron chi connectivity index (χ4n) is 2.80. The predicted molar refractivity (Wildman–Crippen MR) is 112 cm³/mol. The maximum absolute atomic E-state index is 13.4. The highest BCUT2D eigenvalue weighted by atomic mass is 127. The van der Waals surface area contributed by atoms with Gasteiger partial charge in [0.1, 0.15) is 5.82 Å². The van der Waals surface area contributed by atoms with Crippen LogP contribution in [0.1, 0.15) is 25.3 Å². The van der Waals surface area contributed by atoms with Crippen LogP contribution in [0, 0.1) is 11.2 Å². The molecule has 5 nitrogen and oxygen atoms in total. The summed E-state index contributed by atoms with van der Waals surface area (Å²) >= 11 is 3.29. The van der Waals surface area contributed by atoms with Gasteiger partial charge >= 0.3 is 0 Å². The average Bonchev–Trinajstić information content (AvgIpc) is 2.98. The third-order valence-electron chi connectivity index (χ3n) is 4.14. The SMILES string of the molecule is CCNC(=NCc1cc(F)cc(Br)c1)NCC1(CCO)CCOC1.I. The van der Waals surface area contributed by atoms with Crippen LogP contribution >= 0.6 is 39.9 Å². The Morgan fingerprint density at radius 2 is 2.20 bits per heavy atom. The molecule has 0 bridgehead atoms. The van der Waals surface area contributed by atoms with Crippen molar-refractivity contribution in [2.75, 3.05) is 32.9 Å². The minimum atomic E-state index is -0.280. The van der Waals surface area contributed by atoms with Crippen molar-refractivity contribution < 1.29 is 14.2 Å². The molecule has 0 spiro atoms. The quantitative estimate of drug-likeness (QED) is 0.288. The van der Waals surface area contributed by atoms with E-state index in [4.69, 9.17) is 4.74 Å². The van der Waals surface area contributed by atoms with E-state index in [0.717, 1.165) is 25.1 Å². The third kappa shape index (κ3) is 7.36. The summed E-state index contributed by atoms with van der Waals surface area (Å²) in [5, 5.41) is 15.8. The van der Waals surface area contributed by atoms with Crippen LogP contribution in [0.5, 0.6) is 0 Å². The van der Waals surface area contributed by atoms with Gasteiger partial charge in [0.25, 0.3) is 0 Å². The summed E-state index contributed by atoms with van der Waals surface area (Å²) in [6.07, 6.45) is 1.63. The van der Waals surface area contributed by atoms with Crippen molar-refractivity contribution in [2.45, 2.75) is 26.3 Å². The number of aliphatic imine (C=N–C) groups is 1. The molecule has 0 radical (unpaired) electrons. The molecule has 1 aromatic rings. The van der Waals surface area contributed by atoms with Gasteiger partial charge in [-0.3, -0.25) is 0 Å². The maximum atomic E-state index is 13.4. The smallest absolute Gasteiger partial charge is 0.191 e. The Labute approximate surface area is 174 Å². The van der Waals surface area contributed by atoms with Gasteiger partial charge in [-0.25, -0.2) is 9.38 Å². The predicted octanol–water partition coefficient (Wildman–Crippen LogP) is 3.05. The van der Waals surface area contributed by atoms with Crippen molar-refractivity contribution in [3.63, 3.8) is 0 Å². The first-order valence-corrected chi connectivity index (χ1v) is 9.02. The van der Waals surface area contributed by atoms with Crippen LogP contribution in [-0.4, -0.2) is 44.0 Å². The molecule has 1 saturated heterocycles. The molecule has 1 aliphatic heterocycles. The minimum Gasteiger partial charge on any atom is -0.396 e. The van der Waals surface area contributed by atoms with E-state index in [0.29, 0.717) is 36.5 Å². The van der Waals surface area contributed by atoms with E-state index < -0.39 is 0 Å². The summed E-state index contributed by atoms with van der Waals surface area (Å²) in [6.45, 7) is 5.33. The van der Waals surface area contributed by atoms with E-state index in [1.807, 2.05) is 13.0 Å². The van der Waals surface area contributed by atoms with Gasteiger partial charge in [-0.15, -0.1) is 24.0 Å². The van der Waals surface area contributed by atoms with Gasteiger partial charge in [0.15, 0.2) is 5.96 Å². The first-order chi connectivity index (χ1) is 11.6. The molecule has 142 valence electrons. The van der Waals surface area contributed by atoms with E-state index in [2.05, 4.69) is 31.6 Å². The fraction of sp³-hybridized carbons (Fsp3) is 0.588. The molecule has 3 N–H and O–H groups in total. The Morgan fingerprint density at radius 1 is 1.40 bits per heavy atom. The molecule has 0 saturated carbocycles. The molecule has 25 heavy (non-hydrogen) atoms. The fourth-order valence-corrected chi connectivity index (χ4v) is 3.31. The first kappa shape index (κ1) is 22.6. The van der Waals surface area contributed by atoms with E-state index in [-0.39, 0.29) is 41.8 Å². The summed E-state index contributed by atoms with van der Waals surface area (Å²) in [5.74, 6) is 0.402. The molecule has 8 heteroatoms. The summed E-state index contributed by atoms with van der Waals surface area (Å²) in [7, 11) is 0. The molecule has 1 unspecified atom stereocenters. The summed E-state index contributed by atoms with van der Waals surface area (Å²) < 4.78 is 19.6. The van der Waals surface area contributed by atoms with E-state index in [1.165, 1.54) is 12.1 Å². The molecule has 1 fully saturated rings. The van der Waals surface area contributed by atoms with Crippen molar-refractivity contribution >= 4 is 45.9 Å². The largest absolute Gasteiger partial charge is 0.396 e. The van der Waals surface area contributed by atoms with Crippen molar-refractivity contribution in [1.29, 1.82) is 0 Å². The monoisotopic (exact) mass is 529 g/mol. The number of benzene rings is 1. The molecule has 1 atom stereocenters. The molecule has 1 aromatic carbocycles. The number of nitrogens with zero attached hydrogens (tertiary/aromatic N) is 1. The summed E-state index contributed by atoms with van der Waals surface area (Å²) in [4.78, 5) is 4.52. The first-order valence-electron chi connectivity index (χ1n) is 8.23. The topological polar surface area (TPSA) is 65.9 Å². The standard InChI is InChI=1S/C17H25BrFN3O2.HI/c1-2-20-16(21-10-13-7-14(18)9-15(19)8-13)22-11-17(3-5-23)4-6-24-12-17;/h7-9,23H,2-6,10-12H2,1H3,(H2,20,21,22);1H. The van der Waals surface area contributed by atoms with Crippen LogP contribution in [-0.2, 0) is 11.3 Å². The second-order valence-corrected chi connectivity index (χ2v) is 7.02. The lowest BCUT2D eigenvalue weighted by molar-refractivity contribution is 0.127. The lowest BCUT2D eigenvalue weighted by atomic mass is 9.84. The van der Waals surface area contributed by atoms with Gasteiger partial charge in [0, 0.05) is 36.2 Å². The molecule has 1 aliphatic rings. The van der Waals surface area contributed by atoms with Gasteiger partial charge in [-0.05, 0) is 43.5 Å². The molecule has 0 aliphatic carbocycles. The van der Waals surface area contributed by atoms with E-state index in [1.54, 1.807) is 0 Å². The summed E-state index contributed by atoms with van der Waals surface area (Å²) in [5.41, 5.74) is 0.751. The van der Waals surface area contributed by atoms with Crippen LogP contribution in [0.2, 0.25) is 0 Å². The lowest BCUT2D eigenvalue weighted by Crippen LogP contribution is -2.44. The normalized spacial score (nSPS) is 20.2. The van der Waals surface area contributed by atoms with Crippen molar-refractivity contribution in [1.82, 2.24) is 10.6 Å². The van der Waals surface area contributed by atoms with Crippen molar-refractivity contribution in [3.05, 3.63) is 34.1 Å². The lowest BCUT2D eigenvalue weighted by Gasteiger charge is -2.27. The zero-order valence-corrected chi connectivity index (χ0v) is 18.3. The second-order valence-electron chi connectivity index (χ2n) is 6.10. The van der Waals surface area contributed by atoms with Gasteiger partial charge in [-0.1, -0.05) is 15.9 Å². The molecule has 0 aromatic heterocycles. The number of nitrogens with one attached hydrogen (secondary N) is 2. The Balaban J connectivity index is 0.00000312. The third-order valence-corrected chi connectivity index (χ3v) is 4.60. The highest BCUT2D eigenvalue weighted by molar-refractivity contribution is 14.0. The van der Waals surface area contributed by atoms with Crippen LogP contribution in [0.25, 0.3) is 0 Å². The Hall–Kier alpha value is -0.450. The van der Waals surface area contributed by atoms with E-state index in [9.17, 15) is 9.50 Å². The zero-order valence-electron chi connectivity index (χ0n) is 14.4. The highest BCUT2D eigenvalue weighted by Gasteiger charge is 2.34.